The third kappa shape index (κ3) is 7.88. The molecular formula is C29H39N3O. The number of pyridine rings is 1. The van der Waals surface area contributed by atoms with E-state index in [0.717, 1.165) is 42.3 Å². The molecule has 1 aromatic heterocycles. The van der Waals surface area contributed by atoms with Crippen LogP contribution in [-0.4, -0.2) is 22.5 Å². The van der Waals surface area contributed by atoms with Gasteiger partial charge in [0.05, 0.1) is 5.69 Å². The van der Waals surface area contributed by atoms with Gasteiger partial charge in [-0.1, -0.05) is 82.9 Å². The number of unbranched alkanes of at least 4 members (excludes halogenated alkanes) is 4. The highest BCUT2D eigenvalue weighted by atomic mass is 16.2. The van der Waals surface area contributed by atoms with Crippen molar-refractivity contribution in [3.05, 3.63) is 72.1 Å². The van der Waals surface area contributed by atoms with E-state index in [1.54, 1.807) is 6.20 Å². The lowest BCUT2D eigenvalue weighted by Crippen LogP contribution is -2.35. The van der Waals surface area contributed by atoms with Crippen molar-refractivity contribution in [3.63, 3.8) is 0 Å². The first-order chi connectivity index (χ1) is 16.1. The SMILES string of the molecule is CCCCCCCN(Cc1ccc(CCC(C)C)cc1)C(=O)Nc1cccc2cnccc12. The summed E-state index contributed by atoms with van der Waals surface area (Å²) in [6.07, 6.45) is 11.8. The Labute approximate surface area is 199 Å². The highest BCUT2D eigenvalue weighted by molar-refractivity contribution is 6.01. The van der Waals surface area contributed by atoms with Crippen molar-refractivity contribution >= 4 is 22.5 Å². The lowest BCUT2D eigenvalue weighted by Gasteiger charge is -2.24. The summed E-state index contributed by atoms with van der Waals surface area (Å²) in [7, 11) is 0. The van der Waals surface area contributed by atoms with E-state index in [0.29, 0.717) is 12.5 Å². The summed E-state index contributed by atoms with van der Waals surface area (Å²) in [5, 5.41) is 5.20. The van der Waals surface area contributed by atoms with Gasteiger partial charge in [0.1, 0.15) is 0 Å². The average Bonchev–Trinajstić information content (AvgIpc) is 2.83. The standard InChI is InChI=1S/C29H39N3O/c1-4-5-6-7-8-20-32(22-25-16-14-24(15-17-25)13-12-23(2)3)29(33)31-28-11-9-10-26-21-30-19-18-27(26)28/h9-11,14-19,21,23H,4-8,12-13,20,22H2,1-3H3,(H,31,33). The van der Waals surface area contributed by atoms with E-state index >= 15 is 0 Å². The molecule has 0 aliphatic carbocycles. The number of fused-ring (bicyclic) bond motifs is 1. The van der Waals surface area contributed by atoms with Gasteiger partial charge in [0, 0.05) is 36.3 Å². The van der Waals surface area contributed by atoms with Crippen LogP contribution in [0.4, 0.5) is 10.5 Å². The van der Waals surface area contributed by atoms with Gasteiger partial charge in [-0.2, -0.15) is 0 Å². The van der Waals surface area contributed by atoms with E-state index in [9.17, 15) is 4.79 Å². The van der Waals surface area contributed by atoms with Crippen molar-refractivity contribution in [1.82, 2.24) is 9.88 Å². The van der Waals surface area contributed by atoms with Gasteiger partial charge in [-0.15, -0.1) is 0 Å². The number of carbonyl (C=O) groups excluding carboxylic acids is 1. The molecule has 3 aromatic rings. The lowest BCUT2D eigenvalue weighted by atomic mass is 10.0. The maximum Gasteiger partial charge on any atom is 0.322 e. The summed E-state index contributed by atoms with van der Waals surface area (Å²) >= 11 is 0. The Balaban J connectivity index is 1.69. The number of amides is 2. The highest BCUT2D eigenvalue weighted by Gasteiger charge is 2.15. The molecule has 0 saturated heterocycles. The maximum atomic E-state index is 13.3. The number of benzene rings is 2. The number of urea groups is 1. The molecule has 0 bridgehead atoms. The van der Waals surface area contributed by atoms with Gasteiger partial charge >= 0.3 is 6.03 Å². The van der Waals surface area contributed by atoms with Gasteiger partial charge in [-0.3, -0.25) is 4.98 Å². The van der Waals surface area contributed by atoms with Crippen LogP contribution in [0.2, 0.25) is 0 Å². The Kier molecular flexibility index (Phi) is 9.74. The molecule has 0 atom stereocenters. The summed E-state index contributed by atoms with van der Waals surface area (Å²) in [6, 6.07) is 16.6. The number of carbonyl (C=O) groups is 1. The number of anilines is 1. The minimum atomic E-state index is -0.0429. The van der Waals surface area contributed by atoms with Gasteiger partial charge in [-0.25, -0.2) is 4.79 Å². The molecule has 0 saturated carbocycles. The first kappa shape index (κ1) is 24.8. The van der Waals surface area contributed by atoms with Crippen molar-refractivity contribution in [3.8, 4) is 0 Å². The lowest BCUT2D eigenvalue weighted by molar-refractivity contribution is 0.207. The summed E-state index contributed by atoms with van der Waals surface area (Å²) < 4.78 is 0. The third-order valence-electron chi connectivity index (χ3n) is 6.15. The minimum absolute atomic E-state index is 0.0429. The number of aromatic nitrogens is 1. The molecule has 4 nitrogen and oxygen atoms in total. The first-order valence-corrected chi connectivity index (χ1v) is 12.5. The maximum absolute atomic E-state index is 13.3. The molecule has 0 aliphatic rings. The van der Waals surface area contributed by atoms with Gasteiger partial charge in [0.2, 0.25) is 0 Å². The van der Waals surface area contributed by atoms with Crippen molar-refractivity contribution < 1.29 is 4.79 Å². The number of nitrogens with one attached hydrogen (secondary N) is 1. The third-order valence-corrected chi connectivity index (χ3v) is 6.15. The molecule has 0 fully saturated rings. The zero-order valence-corrected chi connectivity index (χ0v) is 20.5. The van der Waals surface area contributed by atoms with E-state index in [2.05, 4.69) is 55.3 Å². The molecule has 1 N–H and O–H groups in total. The summed E-state index contributed by atoms with van der Waals surface area (Å²) in [5.74, 6) is 0.710. The molecule has 2 aromatic carbocycles. The molecule has 0 aliphatic heterocycles. The summed E-state index contributed by atoms with van der Waals surface area (Å²) in [6.45, 7) is 8.13. The zero-order valence-electron chi connectivity index (χ0n) is 20.5. The average molecular weight is 446 g/mol. The largest absolute Gasteiger partial charge is 0.322 e. The molecule has 0 radical (unpaired) electrons. The second-order valence-electron chi connectivity index (χ2n) is 9.42. The van der Waals surface area contributed by atoms with E-state index in [-0.39, 0.29) is 6.03 Å². The predicted molar refractivity (Wildman–Crippen MR) is 140 cm³/mol. The second-order valence-corrected chi connectivity index (χ2v) is 9.42. The van der Waals surface area contributed by atoms with Crippen molar-refractivity contribution in [1.29, 1.82) is 0 Å². The van der Waals surface area contributed by atoms with Gasteiger partial charge in [0.25, 0.3) is 0 Å². The number of nitrogens with zero attached hydrogens (tertiary/aromatic N) is 2. The van der Waals surface area contributed by atoms with Crippen molar-refractivity contribution in [2.24, 2.45) is 5.92 Å². The fraction of sp³-hybridized carbons (Fsp3) is 0.448. The van der Waals surface area contributed by atoms with Crippen LogP contribution in [0.15, 0.2) is 60.9 Å². The Hall–Kier alpha value is -2.88. The molecule has 2 amide bonds. The fourth-order valence-corrected chi connectivity index (χ4v) is 4.07. The summed E-state index contributed by atoms with van der Waals surface area (Å²) in [4.78, 5) is 19.5. The van der Waals surface area contributed by atoms with E-state index in [1.807, 2.05) is 35.4 Å². The van der Waals surface area contributed by atoms with E-state index in [1.165, 1.54) is 36.8 Å². The predicted octanol–water partition coefficient (Wildman–Crippen LogP) is 7.83. The van der Waals surface area contributed by atoms with Crippen molar-refractivity contribution in [2.45, 2.75) is 72.3 Å². The molecule has 33 heavy (non-hydrogen) atoms. The van der Waals surface area contributed by atoms with Crippen LogP contribution in [0.3, 0.4) is 0 Å². The molecule has 176 valence electrons. The quantitative estimate of drug-likeness (QED) is 0.289. The fourth-order valence-electron chi connectivity index (χ4n) is 4.07. The molecule has 1 heterocycles. The number of hydrogen-bond acceptors (Lipinski definition) is 2. The second kappa shape index (κ2) is 13.0. The van der Waals surface area contributed by atoms with Crippen LogP contribution >= 0.6 is 0 Å². The minimum Gasteiger partial charge on any atom is -0.320 e. The molecule has 0 unspecified atom stereocenters. The Morgan fingerprint density at radius 2 is 1.73 bits per heavy atom. The van der Waals surface area contributed by atoms with Crippen molar-refractivity contribution in [2.75, 3.05) is 11.9 Å². The monoisotopic (exact) mass is 445 g/mol. The van der Waals surface area contributed by atoms with E-state index in [4.69, 9.17) is 0 Å². The first-order valence-electron chi connectivity index (χ1n) is 12.5. The number of rotatable bonds is 12. The van der Waals surface area contributed by atoms with Crippen LogP contribution in [0, 0.1) is 5.92 Å². The molecule has 3 rings (SSSR count). The van der Waals surface area contributed by atoms with Gasteiger partial charge in [0.15, 0.2) is 0 Å². The Bertz CT molecular complexity index is 992. The zero-order chi connectivity index (χ0) is 23.5. The molecular weight excluding hydrogens is 406 g/mol. The normalized spacial score (nSPS) is 11.2. The van der Waals surface area contributed by atoms with Crippen LogP contribution in [-0.2, 0) is 13.0 Å². The van der Waals surface area contributed by atoms with Crippen LogP contribution < -0.4 is 5.32 Å². The molecule has 4 heteroatoms. The Morgan fingerprint density at radius 3 is 2.48 bits per heavy atom. The van der Waals surface area contributed by atoms with Gasteiger partial charge < -0.3 is 10.2 Å². The Morgan fingerprint density at radius 1 is 0.970 bits per heavy atom. The van der Waals surface area contributed by atoms with Gasteiger partial charge in [-0.05, 0) is 48.4 Å². The van der Waals surface area contributed by atoms with Crippen LogP contribution in [0.25, 0.3) is 10.8 Å². The van der Waals surface area contributed by atoms with E-state index < -0.39 is 0 Å². The highest BCUT2D eigenvalue weighted by Crippen LogP contribution is 2.23. The number of aryl methyl sites for hydroxylation is 1. The summed E-state index contributed by atoms with van der Waals surface area (Å²) in [5.41, 5.74) is 3.38. The van der Waals surface area contributed by atoms with Crippen LogP contribution in [0.1, 0.15) is 70.4 Å². The smallest absolute Gasteiger partial charge is 0.320 e. The number of hydrogen-bond donors (Lipinski definition) is 1. The topological polar surface area (TPSA) is 45.2 Å². The van der Waals surface area contributed by atoms with Crippen LogP contribution in [0.5, 0.6) is 0 Å². The molecule has 0 spiro atoms.